The molecule has 2 heterocycles. The fourth-order valence-corrected chi connectivity index (χ4v) is 4.65. The van der Waals surface area contributed by atoms with Crippen LogP contribution in [0.3, 0.4) is 0 Å². The second-order valence-corrected chi connectivity index (χ2v) is 10.00. The number of hydrogen-bond donors (Lipinski definition) is 2. The lowest BCUT2D eigenvalue weighted by atomic mass is 9.92. The van der Waals surface area contributed by atoms with E-state index in [9.17, 15) is 14.1 Å². The minimum Gasteiger partial charge on any atom is -0.402 e. The number of benzene rings is 1. The SMILES string of the molecule is C/C(N)=C\C(=O)N(F)c1ccnc(C)c1/C=C(\C)CN1CC=C(c2c(C)cc(C(=O)N(C)C)cc2N)CC1. The number of aromatic nitrogens is 1. The molecule has 2 aromatic rings. The monoisotopic (exact) mass is 520 g/mol. The van der Waals surface area contributed by atoms with Gasteiger partial charge in [-0.1, -0.05) is 22.2 Å². The Morgan fingerprint density at radius 1 is 1.21 bits per heavy atom. The molecule has 1 aliphatic rings. The Morgan fingerprint density at radius 2 is 1.92 bits per heavy atom. The molecule has 0 radical (unpaired) electrons. The zero-order valence-electron chi connectivity index (χ0n) is 23.0. The Morgan fingerprint density at radius 3 is 2.50 bits per heavy atom. The number of nitrogens with zero attached hydrogens (tertiary/aromatic N) is 4. The van der Waals surface area contributed by atoms with Crippen LogP contribution in [0.15, 0.2) is 47.8 Å². The maximum atomic E-state index is 14.9. The summed E-state index contributed by atoms with van der Waals surface area (Å²) in [6.45, 7) is 9.49. The van der Waals surface area contributed by atoms with Crippen molar-refractivity contribution in [3.05, 3.63) is 75.8 Å². The average Bonchev–Trinajstić information content (AvgIpc) is 2.84. The number of nitrogen functional groups attached to an aromatic ring is 1. The van der Waals surface area contributed by atoms with Gasteiger partial charge >= 0.3 is 0 Å². The van der Waals surface area contributed by atoms with E-state index in [-0.39, 0.29) is 22.4 Å². The van der Waals surface area contributed by atoms with Gasteiger partial charge in [-0.25, -0.2) is 0 Å². The van der Waals surface area contributed by atoms with Gasteiger partial charge < -0.3 is 16.4 Å². The molecule has 0 unspecified atom stereocenters. The first-order chi connectivity index (χ1) is 17.9. The van der Waals surface area contributed by atoms with Crippen LogP contribution in [0.1, 0.15) is 53.0 Å². The van der Waals surface area contributed by atoms with E-state index in [1.54, 1.807) is 32.0 Å². The van der Waals surface area contributed by atoms with Crippen LogP contribution in [0, 0.1) is 13.8 Å². The Balaban J connectivity index is 1.77. The van der Waals surface area contributed by atoms with E-state index >= 15 is 0 Å². The number of carbonyl (C=O) groups excluding carboxylic acids is 2. The Labute approximate surface area is 224 Å². The molecule has 1 aromatic heterocycles. The van der Waals surface area contributed by atoms with Crippen LogP contribution in [0.5, 0.6) is 0 Å². The number of allylic oxidation sites excluding steroid dienone is 1. The van der Waals surface area contributed by atoms with Gasteiger partial charge in [0.05, 0.1) is 5.69 Å². The molecule has 38 heavy (non-hydrogen) atoms. The summed E-state index contributed by atoms with van der Waals surface area (Å²) in [5, 5.41) is 0.101. The van der Waals surface area contributed by atoms with E-state index in [0.29, 0.717) is 29.1 Å². The first-order valence-corrected chi connectivity index (χ1v) is 12.5. The number of nitrogens with two attached hydrogens (primary N) is 2. The molecule has 3 rings (SSSR count). The summed E-state index contributed by atoms with van der Waals surface area (Å²) in [5.74, 6) is -0.916. The fourth-order valence-electron chi connectivity index (χ4n) is 4.65. The smallest absolute Gasteiger partial charge is 0.280 e. The highest BCUT2D eigenvalue weighted by Crippen LogP contribution is 2.32. The van der Waals surface area contributed by atoms with Crippen molar-refractivity contribution in [2.75, 3.05) is 44.6 Å². The molecule has 0 fully saturated rings. The van der Waals surface area contributed by atoms with E-state index in [4.69, 9.17) is 11.5 Å². The minimum atomic E-state index is -0.842. The van der Waals surface area contributed by atoms with Crippen molar-refractivity contribution in [1.29, 1.82) is 0 Å². The summed E-state index contributed by atoms with van der Waals surface area (Å²) in [5.41, 5.74) is 18.8. The van der Waals surface area contributed by atoms with Crippen molar-refractivity contribution in [3.63, 3.8) is 0 Å². The molecule has 1 aromatic carbocycles. The molecule has 2 amide bonds. The highest BCUT2D eigenvalue weighted by atomic mass is 19.2. The number of pyridine rings is 1. The quantitative estimate of drug-likeness (QED) is 0.321. The van der Waals surface area contributed by atoms with Crippen molar-refractivity contribution in [2.45, 2.75) is 34.1 Å². The van der Waals surface area contributed by atoms with Crippen LogP contribution in [0.25, 0.3) is 11.6 Å². The van der Waals surface area contributed by atoms with Crippen molar-refractivity contribution in [2.24, 2.45) is 5.73 Å². The third kappa shape index (κ3) is 6.66. The highest BCUT2D eigenvalue weighted by molar-refractivity contribution is 6.01. The number of carbonyl (C=O) groups is 2. The normalized spacial score (nSPS) is 14.8. The van der Waals surface area contributed by atoms with E-state index in [2.05, 4.69) is 16.0 Å². The van der Waals surface area contributed by atoms with Gasteiger partial charge in [-0.05, 0) is 63.5 Å². The summed E-state index contributed by atoms with van der Waals surface area (Å²) >= 11 is 0. The molecule has 4 N–H and O–H groups in total. The van der Waals surface area contributed by atoms with Gasteiger partial charge in [0.2, 0.25) is 0 Å². The topological polar surface area (TPSA) is 109 Å². The Bertz CT molecular complexity index is 1300. The number of amides is 2. The van der Waals surface area contributed by atoms with E-state index in [1.807, 2.05) is 26.0 Å². The molecule has 0 saturated heterocycles. The van der Waals surface area contributed by atoms with Crippen LogP contribution >= 0.6 is 0 Å². The van der Waals surface area contributed by atoms with Crippen LogP contribution in [-0.4, -0.2) is 60.3 Å². The van der Waals surface area contributed by atoms with Gasteiger partial charge in [-0.15, -0.1) is 5.12 Å². The number of rotatable bonds is 7. The number of hydrogen-bond acceptors (Lipinski definition) is 6. The molecule has 1 aliphatic heterocycles. The molecule has 202 valence electrons. The molecular weight excluding hydrogens is 483 g/mol. The summed E-state index contributed by atoms with van der Waals surface area (Å²) in [6, 6.07) is 5.12. The standard InChI is InChI=1S/C29H37FN6O2/c1-18(13-24-21(4)33-10-7-26(24)36(30)27(37)15-20(3)31)17-35-11-8-22(9-12-35)28-19(2)14-23(16-25(28)32)29(38)34(5)6/h7-8,10,13-16H,9,11-12,17,31-32H2,1-6H3/b18-13+,20-15+. The molecule has 0 spiro atoms. The van der Waals surface area contributed by atoms with Gasteiger partial charge in [0.1, 0.15) is 0 Å². The van der Waals surface area contributed by atoms with E-state index in [0.717, 1.165) is 42.3 Å². The zero-order chi connectivity index (χ0) is 28.1. The van der Waals surface area contributed by atoms with Crippen molar-refractivity contribution in [1.82, 2.24) is 14.8 Å². The third-order valence-electron chi connectivity index (χ3n) is 6.42. The van der Waals surface area contributed by atoms with Gasteiger partial charge in [0.25, 0.3) is 11.8 Å². The predicted molar refractivity (Wildman–Crippen MR) is 152 cm³/mol. The lowest BCUT2D eigenvalue weighted by Crippen LogP contribution is -2.30. The van der Waals surface area contributed by atoms with Crippen LogP contribution in [0.2, 0.25) is 0 Å². The summed E-state index contributed by atoms with van der Waals surface area (Å²) < 4.78 is 14.9. The molecular formula is C29H37FN6O2. The van der Waals surface area contributed by atoms with Gasteiger partial charge in [0, 0.05) is 79.8 Å². The predicted octanol–water partition coefficient (Wildman–Crippen LogP) is 4.26. The number of halogens is 1. The summed E-state index contributed by atoms with van der Waals surface area (Å²) in [6.07, 6.45) is 7.39. The molecule has 0 saturated carbocycles. The minimum absolute atomic E-state index is 0.0735. The van der Waals surface area contributed by atoms with Gasteiger partial charge in [-0.3, -0.25) is 19.5 Å². The van der Waals surface area contributed by atoms with Crippen molar-refractivity contribution >= 4 is 34.8 Å². The van der Waals surface area contributed by atoms with Crippen LogP contribution in [0.4, 0.5) is 15.9 Å². The molecule has 0 aliphatic carbocycles. The molecule has 9 heteroatoms. The zero-order valence-corrected chi connectivity index (χ0v) is 23.0. The fraction of sp³-hybridized carbons (Fsp3) is 0.345. The highest BCUT2D eigenvalue weighted by Gasteiger charge is 2.21. The lowest BCUT2D eigenvalue weighted by Gasteiger charge is -2.28. The molecule has 0 bridgehead atoms. The summed E-state index contributed by atoms with van der Waals surface area (Å²) in [7, 11) is 3.44. The maximum absolute atomic E-state index is 14.9. The van der Waals surface area contributed by atoms with E-state index in [1.165, 1.54) is 24.8 Å². The van der Waals surface area contributed by atoms with Gasteiger partial charge in [0.15, 0.2) is 0 Å². The third-order valence-corrected chi connectivity index (χ3v) is 6.42. The van der Waals surface area contributed by atoms with Crippen LogP contribution < -0.4 is 16.6 Å². The molecule has 0 atom stereocenters. The summed E-state index contributed by atoms with van der Waals surface area (Å²) in [4.78, 5) is 32.7. The van der Waals surface area contributed by atoms with Crippen LogP contribution in [-0.2, 0) is 4.79 Å². The number of anilines is 2. The lowest BCUT2D eigenvalue weighted by molar-refractivity contribution is -0.116. The van der Waals surface area contributed by atoms with Crippen molar-refractivity contribution < 1.29 is 14.1 Å². The maximum Gasteiger partial charge on any atom is 0.280 e. The average molecular weight is 521 g/mol. The van der Waals surface area contributed by atoms with E-state index < -0.39 is 5.91 Å². The number of aryl methyl sites for hydroxylation is 2. The second-order valence-electron chi connectivity index (χ2n) is 10.00. The van der Waals surface area contributed by atoms with Crippen molar-refractivity contribution in [3.8, 4) is 0 Å². The molecule has 8 nitrogen and oxygen atoms in total. The first-order valence-electron chi connectivity index (χ1n) is 12.5. The largest absolute Gasteiger partial charge is 0.402 e. The Kier molecular flexibility index (Phi) is 9.06. The first kappa shape index (κ1) is 28.6. The second kappa shape index (κ2) is 12.0. The Hall–Kier alpha value is -3.98. The van der Waals surface area contributed by atoms with Gasteiger partial charge in [-0.2, -0.15) is 0 Å².